The van der Waals surface area contributed by atoms with Crippen molar-refractivity contribution in [2.45, 2.75) is 51.9 Å². The van der Waals surface area contributed by atoms with E-state index in [0.717, 1.165) is 12.5 Å². The van der Waals surface area contributed by atoms with E-state index in [9.17, 15) is 0 Å². The predicted molar refractivity (Wildman–Crippen MR) is 54.4 cm³/mol. The molecule has 1 aliphatic carbocycles. The molecule has 1 heteroatoms. The third-order valence-electron chi connectivity index (χ3n) is 2.94. The Morgan fingerprint density at radius 3 is 2.58 bits per heavy atom. The van der Waals surface area contributed by atoms with Gasteiger partial charge in [0, 0.05) is 0 Å². The van der Waals surface area contributed by atoms with Crippen LogP contribution in [0.1, 0.15) is 51.9 Å². The molecule has 0 unspecified atom stereocenters. The van der Waals surface area contributed by atoms with Gasteiger partial charge in [0.2, 0.25) is 0 Å². The van der Waals surface area contributed by atoms with Crippen molar-refractivity contribution in [3.8, 4) is 0 Å². The Kier molecular flexibility index (Phi) is 5.42. The number of nitrogens with one attached hydrogen (secondary N) is 1. The maximum atomic E-state index is 3.37. The van der Waals surface area contributed by atoms with Crippen LogP contribution in [0.2, 0.25) is 0 Å². The Labute approximate surface area is 76.9 Å². The average Bonchev–Trinajstić information content (AvgIpc) is 2.57. The molecule has 1 saturated carbocycles. The van der Waals surface area contributed by atoms with E-state index in [4.69, 9.17) is 0 Å². The van der Waals surface area contributed by atoms with Crippen LogP contribution in [0.3, 0.4) is 0 Å². The predicted octanol–water partition coefficient (Wildman–Crippen LogP) is 2.96. The lowest BCUT2D eigenvalue weighted by Crippen LogP contribution is -2.13. The molecule has 1 fully saturated rings. The first kappa shape index (κ1) is 10.0. The van der Waals surface area contributed by atoms with Gasteiger partial charge in [-0.15, -0.1) is 0 Å². The van der Waals surface area contributed by atoms with Gasteiger partial charge < -0.3 is 5.32 Å². The van der Waals surface area contributed by atoms with E-state index in [1.165, 1.54) is 51.5 Å². The molecule has 1 N–H and O–H groups in total. The fraction of sp³-hybridized carbons (Fsp3) is 1.00. The number of hydrogen-bond acceptors (Lipinski definition) is 1. The Morgan fingerprint density at radius 1 is 1.17 bits per heavy atom. The monoisotopic (exact) mass is 169 g/mol. The van der Waals surface area contributed by atoms with Crippen LogP contribution in [0.5, 0.6) is 0 Å². The minimum atomic E-state index is 1.09. The minimum absolute atomic E-state index is 1.09. The second-order valence-corrected chi connectivity index (χ2v) is 4.00. The molecule has 1 nitrogen and oxygen atoms in total. The molecule has 1 aliphatic rings. The molecule has 0 aliphatic heterocycles. The number of rotatable bonds is 6. The summed E-state index contributed by atoms with van der Waals surface area (Å²) in [6.07, 6.45) is 10.3. The second kappa shape index (κ2) is 6.47. The highest BCUT2D eigenvalue weighted by Gasteiger charge is 2.13. The quantitative estimate of drug-likeness (QED) is 0.603. The molecule has 0 aromatic heterocycles. The van der Waals surface area contributed by atoms with E-state index in [-0.39, 0.29) is 0 Å². The molecule has 0 aromatic carbocycles. The van der Waals surface area contributed by atoms with E-state index >= 15 is 0 Å². The van der Waals surface area contributed by atoms with E-state index in [2.05, 4.69) is 12.2 Å². The maximum absolute atomic E-state index is 3.37. The molecule has 1 rings (SSSR count). The van der Waals surface area contributed by atoms with Gasteiger partial charge in [-0.3, -0.25) is 0 Å². The summed E-state index contributed by atoms with van der Waals surface area (Å²) in [6, 6.07) is 0. The number of unbranched alkanes of at least 4 members (excludes halogenated alkanes) is 1. The van der Waals surface area contributed by atoms with E-state index < -0.39 is 0 Å². The smallest absolute Gasteiger partial charge is 0.00490 e. The van der Waals surface area contributed by atoms with Crippen molar-refractivity contribution in [3.63, 3.8) is 0 Å². The molecule has 0 aromatic rings. The molecule has 0 spiro atoms. The van der Waals surface area contributed by atoms with Gasteiger partial charge in [-0.2, -0.15) is 0 Å². The van der Waals surface area contributed by atoms with Crippen molar-refractivity contribution in [1.82, 2.24) is 5.32 Å². The zero-order chi connectivity index (χ0) is 8.65. The normalized spacial score (nSPS) is 18.8. The van der Waals surface area contributed by atoms with Crippen LogP contribution in [0.4, 0.5) is 0 Å². The summed E-state index contributed by atoms with van der Waals surface area (Å²) in [6.45, 7) is 4.53. The van der Waals surface area contributed by atoms with Crippen LogP contribution in [0.15, 0.2) is 0 Å². The van der Waals surface area contributed by atoms with Crippen molar-refractivity contribution in [1.29, 1.82) is 0 Å². The topological polar surface area (TPSA) is 12.0 Å². The van der Waals surface area contributed by atoms with Gasteiger partial charge >= 0.3 is 0 Å². The summed E-state index contributed by atoms with van der Waals surface area (Å²) in [5, 5.41) is 3.37. The van der Waals surface area contributed by atoms with Crippen LogP contribution >= 0.6 is 0 Å². The molecule has 0 atom stereocenters. The van der Waals surface area contributed by atoms with Crippen molar-refractivity contribution in [2.24, 2.45) is 5.92 Å². The summed E-state index contributed by atoms with van der Waals surface area (Å²) < 4.78 is 0. The third kappa shape index (κ3) is 4.10. The molecule has 0 saturated heterocycles. The molecule has 0 bridgehead atoms. The Morgan fingerprint density at radius 2 is 1.92 bits per heavy atom. The van der Waals surface area contributed by atoms with Gasteiger partial charge in [-0.25, -0.2) is 0 Å². The highest BCUT2D eigenvalue weighted by Crippen LogP contribution is 2.28. The molecular formula is C11H23N. The van der Waals surface area contributed by atoms with Crippen molar-refractivity contribution >= 4 is 0 Å². The molecule has 0 heterocycles. The van der Waals surface area contributed by atoms with Crippen LogP contribution in [0.25, 0.3) is 0 Å². The Balaban J connectivity index is 1.81. The first-order valence-electron chi connectivity index (χ1n) is 5.64. The van der Waals surface area contributed by atoms with Gasteiger partial charge in [0.1, 0.15) is 0 Å². The first-order valence-corrected chi connectivity index (χ1v) is 5.64. The molecular weight excluding hydrogens is 146 g/mol. The number of hydrogen-bond donors (Lipinski definition) is 1. The van der Waals surface area contributed by atoms with E-state index in [1.807, 2.05) is 0 Å². The second-order valence-electron chi connectivity index (χ2n) is 4.00. The lowest BCUT2D eigenvalue weighted by molar-refractivity contribution is 0.468. The lowest BCUT2D eigenvalue weighted by atomic mass is 10.0. The summed E-state index contributed by atoms with van der Waals surface area (Å²) in [7, 11) is 0. The Bertz CT molecular complexity index is 95.2. The van der Waals surface area contributed by atoms with Gasteiger partial charge in [0.25, 0.3) is 0 Å². The first-order chi connectivity index (χ1) is 5.93. The van der Waals surface area contributed by atoms with Crippen LogP contribution in [-0.2, 0) is 0 Å². The van der Waals surface area contributed by atoms with E-state index in [0.29, 0.717) is 0 Å². The highest BCUT2D eigenvalue weighted by atomic mass is 14.8. The summed E-state index contributed by atoms with van der Waals surface area (Å²) in [5.74, 6) is 1.09. The standard InChI is InChI=1S/C11H23N/c1-2-12-10-6-5-9-11-7-3-4-8-11/h11-12H,2-10H2,1H3. The fourth-order valence-electron chi connectivity index (χ4n) is 2.16. The largest absolute Gasteiger partial charge is 0.317 e. The Hall–Kier alpha value is -0.0400. The van der Waals surface area contributed by atoms with Crippen LogP contribution in [-0.4, -0.2) is 13.1 Å². The maximum Gasteiger partial charge on any atom is -0.00490 e. The summed E-state index contributed by atoms with van der Waals surface area (Å²) in [5.41, 5.74) is 0. The van der Waals surface area contributed by atoms with Crippen molar-refractivity contribution < 1.29 is 0 Å². The van der Waals surface area contributed by atoms with Crippen LogP contribution in [0, 0.1) is 5.92 Å². The molecule has 72 valence electrons. The molecule has 12 heavy (non-hydrogen) atoms. The highest BCUT2D eigenvalue weighted by molar-refractivity contribution is 4.67. The van der Waals surface area contributed by atoms with Gasteiger partial charge in [-0.1, -0.05) is 45.4 Å². The van der Waals surface area contributed by atoms with Crippen LogP contribution < -0.4 is 5.32 Å². The SMILES string of the molecule is CCNCCCCC1CCCC1. The molecule has 0 amide bonds. The zero-order valence-corrected chi connectivity index (χ0v) is 8.44. The van der Waals surface area contributed by atoms with Gasteiger partial charge in [0.05, 0.1) is 0 Å². The minimum Gasteiger partial charge on any atom is -0.317 e. The van der Waals surface area contributed by atoms with Crippen molar-refractivity contribution in [3.05, 3.63) is 0 Å². The van der Waals surface area contributed by atoms with Gasteiger partial charge in [-0.05, 0) is 25.4 Å². The van der Waals surface area contributed by atoms with E-state index in [1.54, 1.807) is 0 Å². The average molecular weight is 169 g/mol. The summed E-state index contributed by atoms with van der Waals surface area (Å²) >= 11 is 0. The lowest BCUT2D eigenvalue weighted by Gasteiger charge is -2.07. The summed E-state index contributed by atoms with van der Waals surface area (Å²) in [4.78, 5) is 0. The van der Waals surface area contributed by atoms with Gasteiger partial charge in [0.15, 0.2) is 0 Å². The zero-order valence-electron chi connectivity index (χ0n) is 8.44. The molecule has 0 radical (unpaired) electrons. The third-order valence-corrected chi connectivity index (χ3v) is 2.94. The fourth-order valence-corrected chi connectivity index (χ4v) is 2.16. The van der Waals surface area contributed by atoms with Crippen molar-refractivity contribution in [2.75, 3.05) is 13.1 Å².